The standard InChI is InChI=1S/C20H25N5O.3H2/c1-14(2)11-15-12-16(20(21)23-13-15)19(26)17-5-3-6-18(24-17)25-9-4-7-22-8-10-25;;;/h3,5-6,11-13,22H,4,7-10H2,1-2H3,(H2,21,23);3*1H. The summed E-state index contributed by atoms with van der Waals surface area (Å²) in [5, 5.41) is 3.37. The van der Waals surface area contributed by atoms with Crippen LogP contribution in [0.25, 0.3) is 6.08 Å². The monoisotopic (exact) mass is 357 g/mol. The van der Waals surface area contributed by atoms with Crippen LogP contribution in [0.4, 0.5) is 11.6 Å². The molecule has 142 valence electrons. The van der Waals surface area contributed by atoms with Gasteiger partial charge in [0.2, 0.25) is 5.78 Å². The molecule has 0 radical (unpaired) electrons. The van der Waals surface area contributed by atoms with Gasteiger partial charge in [-0.15, -0.1) is 0 Å². The first kappa shape index (κ1) is 18.1. The van der Waals surface area contributed by atoms with E-state index in [1.807, 2.05) is 32.1 Å². The molecule has 0 unspecified atom stereocenters. The second-order valence-electron chi connectivity index (χ2n) is 6.72. The Kier molecular flexibility index (Phi) is 5.63. The summed E-state index contributed by atoms with van der Waals surface area (Å²) in [4.78, 5) is 23.9. The lowest BCUT2D eigenvalue weighted by molar-refractivity contribution is 0.103. The van der Waals surface area contributed by atoms with Crippen LogP contribution >= 0.6 is 0 Å². The molecule has 1 aliphatic rings. The number of ketones is 1. The van der Waals surface area contributed by atoms with Gasteiger partial charge in [-0.3, -0.25) is 4.79 Å². The van der Waals surface area contributed by atoms with Crippen molar-refractivity contribution in [2.24, 2.45) is 0 Å². The van der Waals surface area contributed by atoms with Crippen molar-refractivity contribution >= 4 is 23.5 Å². The maximum absolute atomic E-state index is 13.0. The lowest BCUT2D eigenvalue weighted by atomic mass is 10.1. The molecule has 0 bridgehead atoms. The highest BCUT2D eigenvalue weighted by molar-refractivity contribution is 6.10. The van der Waals surface area contributed by atoms with E-state index in [1.54, 1.807) is 18.3 Å². The molecule has 0 atom stereocenters. The van der Waals surface area contributed by atoms with Crippen LogP contribution < -0.4 is 16.0 Å². The van der Waals surface area contributed by atoms with E-state index in [-0.39, 0.29) is 15.9 Å². The summed E-state index contributed by atoms with van der Waals surface area (Å²) < 4.78 is 0. The van der Waals surface area contributed by atoms with Crippen LogP contribution in [0.1, 0.15) is 46.2 Å². The Morgan fingerprint density at radius 2 is 2.15 bits per heavy atom. The van der Waals surface area contributed by atoms with E-state index >= 15 is 0 Å². The first-order chi connectivity index (χ1) is 12.5. The van der Waals surface area contributed by atoms with E-state index in [2.05, 4.69) is 20.2 Å². The molecule has 6 nitrogen and oxygen atoms in total. The van der Waals surface area contributed by atoms with Gasteiger partial charge in [0.05, 0.1) is 5.56 Å². The number of carbonyl (C=O) groups excluding carboxylic acids is 1. The fourth-order valence-electron chi connectivity index (χ4n) is 3.02. The molecule has 0 aromatic carbocycles. The first-order valence-corrected chi connectivity index (χ1v) is 8.92. The van der Waals surface area contributed by atoms with Crippen LogP contribution in [0.3, 0.4) is 0 Å². The highest BCUT2D eigenvalue weighted by Gasteiger charge is 2.18. The number of nitrogens with zero attached hydrogens (tertiary/aromatic N) is 3. The van der Waals surface area contributed by atoms with Crippen molar-refractivity contribution in [3.63, 3.8) is 0 Å². The van der Waals surface area contributed by atoms with E-state index in [4.69, 9.17) is 5.73 Å². The molecule has 3 heterocycles. The number of carbonyl (C=O) groups is 1. The Hall–Kier alpha value is -2.73. The Labute approximate surface area is 158 Å². The van der Waals surface area contributed by atoms with Gasteiger partial charge in [-0.25, -0.2) is 9.97 Å². The molecule has 0 spiro atoms. The summed E-state index contributed by atoms with van der Waals surface area (Å²) in [6, 6.07) is 7.33. The van der Waals surface area contributed by atoms with Crippen molar-refractivity contribution < 1.29 is 9.07 Å². The molecule has 1 aliphatic heterocycles. The number of nitrogens with two attached hydrogens (primary N) is 1. The summed E-state index contributed by atoms with van der Waals surface area (Å²) >= 11 is 0. The van der Waals surface area contributed by atoms with Crippen molar-refractivity contribution in [1.29, 1.82) is 0 Å². The predicted octanol–water partition coefficient (Wildman–Crippen LogP) is 3.25. The van der Waals surface area contributed by atoms with Crippen molar-refractivity contribution in [3.05, 3.63) is 52.9 Å². The van der Waals surface area contributed by atoms with Crippen LogP contribution in [0, 0.1) is 0 Å². The Morgan fingerprint density at radius 1 is 1.31 bits per heavy atom. The average Bonchev–Trinajstić information content (AvgIpc) is 2.92. The zero-order valence-electron chi connectivity index (χ0n) is 15.3. The fourth-order valence-corrected chi connectivity index (χ4v) is 3.02. The van der Waals surface area contributed by atoms with Gasteiger partial charge in [0.1, 0.15) is 17.3 Å². The van der Waals surface area contributed by atoms with Crippen LogP contribution in [0.5, 0.6) is 0 Å². The minimum absolute atomic E-state index is 0. The van der Waals surface area contributed by atoms with Gasteiger partial charge in [-0.05, 0) is 50.6 Å². The summed E-state index contributed by atoms with van der Waals surface area (Å²) in [7, 11) is 0. The number of rotatable bonds is 4. The van der Waals surface area contributed by atoms with Gasteiger partial charge in [-0.1, -0.05) is 17.7 Å². The molecule has 2 aromatic heterocycles. The number of anilines is 2. The number of pyridine rings is 2. The molecular weight excluding hydrogens is 326 g/mol. The van der Waals surface area contributed by atoms with Gasteiger partial charge in [0, 0.05) is 30.1 Å². The van der Waals surface area contributed by atoms with Gasteiger partial charge < -0.3 is 16.0 Å². The molecule has 1 saturated heterocycles. The van der Waals surface area contributed by atoms with E-state index in [0.717, 1.165) is 49.6 Å². The predicted molar refractivity (Wildman–Crippen MR) is 112 cm³/mol. The fraction of sp³-hybridized carbons (Fsp3) is 0.350. The summed E-state index contributed by atoms with van der Waals surface area (Å²) in [5.74, 6) is 0.854. The average molecular weight is 358 g/mol. The number of allylic oxidation sites excluding steroid dienone is 1. The SMILES string of the molecule is CC(C)=Cc1cnc(N)c(C(=O)c2cccc(N3CCCNCC3)n2)c1.[HH].[HH].[HH]. The Bertz CT molecular complexity index is 833. The van der Waals surface area contributed by atoms with E-state index in [9.17, 15) is 4.79 Å². The van der Waals surface area contributed by atoms with Crippen molar-refractivity contribution in [1.82, 2.24) is 15.3 Å². The molecule has 6 heteroatoms. The second-order valence-corrected chi connectivity index (χ2v) is 6.72. The normalized spacial score (nSPS) is 14.6. The quantitative estimate of drug-likeness (QED) is 0.817. The third kappa shape index (κ3) is 4.26. The zero-order valence-corrected chi connectivity index (χ0v) is 15.3. The number of nitrogen functional groups attached to an aromatic ring is 1. The van der Waals surface area contributed by atoms with Crippen LogP contribution in [-0.2, 0) is 0 Å². The third-order valence-electron chi connectivity index (χ3n) is 4.27. The van der Waals surface area contributed by atoms with Crippen LogP contribution in [0.15, 0.2) is 36.0 Å². The highest BCUT2D eigenvalue weighted by Crippen LogP contribution is 2.19. The van der Waals surface area contributed by atoms with Crippen molar-refractivity contribution in [2.45, 2.75) is 20.3 Å². The third-order valence-corrected chi connectivity index (χ3v) is 4.27. The Balaban J connectivity index is 0.00000261. The molecule has 0 saturated carbocycles. The zero-order chi connectivity index (χ0) is 18.5. The van der Waals surface area contributed by atoms with Gasteiger partial charge in [0.25, 0.3) is 0 Å². The lowest BCUT2D eigenvalue weighted by Gasteiger charge is -2.21. The molecular formula is C20H31N5O. The molecule has 2 aromatic rings. The molecule has 3 rings (SSSR count). The van der Waals surface area contributed by atoms with Crippen LogP contribution in [-0.4, -0.2) is 41.9 Å². The molecule has 0 amide bonds. The molecule has 1 fully saturated rings. The summed E-state index contributed by atoms with van der Waals surface area (Å²) in [6.07, 6.45) is 4.70. The maximum Gasteiger partial charge on any atom is 0.215 e. The van der Waals surface area contributed by atoms with Gasteiger partial charge in [0.15, 0.2) is 0 Å². The van der Waals surface area contributed by atoms with E-state index in [1.165, 1.54) is 0 Å². The smallest absolute Gasteiger partial charge is 0.215 e. The second kappa shape index (κ2) is 8.10. The largest absolute Gasteiger partial charge is 0.383 e. The van der Waals surface area contributed by atoms with Gasteiger partial charge in [-0.2, -0.15) is 0 Å². The van der Waals surface area contributed by atoms with Crippen molar-refractivity contribution in [3.8, 4) is 0 Å². The number of nitrogens with one attached hydrogen (secondary N) is 1. The lowest BCUT2D eigenvalue weighted by Crippen LogP contribution is -2.29. The minimum atomic E-state index is -0.200. The van der Waals surface area contributed by atoms with Crippen molar-refractivity contribution in [2.75, 3.05) is 36.8 Å². The topological polar surface area (TPSA) is 84.1 Å². The number of hydrogen-bond acceptors (Lipinski definition) is 6. The molecule has 3 N–H and O–H groups in total. The minimum Gasteiger partial charge on any atom is -0.383 e. The van der Waals surface area contributed by atoms with E-state index < -0.39 is 0 Å². The Morgan fingerprint density at radius 3 is 2.96 bits per heavy atom. The van der Waals surface area contributed by atoms with Gasteiger partial charge >= 0.3 is 0 Å². The van der Waals surface area contributed by atoms with Crippen LogP contribution in [0.2, 0.25) is 0 Å². The molecule has 0 aliphatic carbocycles. The molecule has 26 heavy (non-hydrogen) atoms. The number of aromatic nitrogens is 2. The number of hydrogen-bond donors (Lipinski definition) is 2. The van der Waals surface area contributed by atoms with E-state index in [0.29, 0.717) is 11.3 Å². The highest BCUT2D eigenvalue weighted by atomic mass is 16.1. The summed E-state index contributed by atoms with van der Waals surface area (Å²) in [6.45, 7) is 7.73. The summed E-state index contributed by atoms with van der Waals surface area (Å²) in [5.41, 5.74) is 8.73. The first-order valence-electron chi connectivity index (χ1n) is 8.92. The maximum atomic E-state index is 13.0.